The Bertz CT molecular complexity index is 549. The summed E-state index contributed by atoms with van der Waals surface area (Å²) in [6, 6.07) is 2.02. The van der Waals surface area contributed by atoms with Crippen LogP contribution in [-0.4, -0.2) is 41.4 Å². The molecule has 0 aromatic carbocycles. The van der Waals surface area contributed by atoms with Gasteiger partial charge in [-0.2, -0.15) is 16.4 Å². The minimum atomic E-state index is -0.222. The first kappa shape index (κ1) is 14.5. The maximum Gasteiger partial charge on any atom is 0.319 e. The van der Waals surface area contributed by atoms with Crippen LogP contribution in [0.3, 0.4) is 0 Å². The Morgan fingerprint density at radius 1 is 1.55 bits per heavy atom. The highest BCUT2D eigenvalue weighted by Gasteiger charge is 2.15. The number of rotatable bonds is 5. The van der Waals surface area contributed by atoms with Gasteiger partial charge in [-0.05, 0) is 36.5 Å². The van der Waals surface area contributed by atoms with E-state index in [9.17, 15) is 4.79 Å². The van der Waals surface area contributed by atoms with E-state index in [1.54, 1.807) is 28.4 Å². The van der Waals surface area contributed by atoms with E-state index in [1.807, 2.05) is 26.5 Å². The van der Waals surface area contributed by atoms with E-state index in [1.165, 1.54) is 5.56 Å². The number of carbonyl (C=O) groups is 1. The van der Waals surface area contributed by atoms with Gasteiger partial charge in [-0.15, -0.1) is 0 Å². The summed E-state index contributed by atoms with van der Waals surface area (Å²) >= 11 is 1.66. The Hall–Kier alpha value is -1.86. The molecule has 0 aliphatic carbocycles. The predicted molar refractivity (Wildman–Crippen MR) is 81.0 cm³/mol. The molecule has 0 fully saturated rings. The molecule has 7 heteroatoms. The van der Waals surface area contributed by atoms with Gasteiger partial charge < -0.3 is 15.5 Å². The summed E-state index contributed by atoms with van der Waals surface area (Å²) in [6.07, 6.45) is 3.36. The van der Waals surface area contributed by atoms with Crippen molar-refractivity contribution in [3.8, 4) is 0 Å². The van der Waals surface area contributed by atoms with Crippen LogP contribution in [0.4, 0.5) is 10.5 Å². The number of urea groups is 1. The molecule has 0 saturated heterocycles. The molecular formula is C13H19N5OS. The normalized spacial score (nSPS) is 12.4. The lowest BCUT2D eigenvalue weighted by atomic mass is 10.1. The van der Waals surface area contributed by atoms with Crippen LogP contribution in [0.5, 0.6) is 0 Å². The van der Waals surface area contributed by atoms with Gasteiger partial charge in [0.2, 0.25) is 0 Å². The van der Waals surface area contributed by atoms with E-state index in [-0.39, 0.29) is 12.1 Å². The SMILES string of the molecule is CN(C)C(CNC(=O)Nc1cnn(C)c1)c1ccsc1. The molecule has 0 bridgehead atoms. The van der Waals surface area contributed by atoms with Crippen LogP contribution in [0.15, 0.2) is 29.2 Å². The van der Waals surface area contributed by atoms with Crippen molar-refractivity contribution in [2.75, 3.05) is 26.0 Å². The monoisotopic (exact) mass is 293 g/mol. The number of hydrogen-bond donors (Lipinski definition) is 2. The Labute approximate surface area is 122 Å². The lowest BCUT2D eigenvalue weighted by molar-refractivity contribution is 0.243. The quantitative estimate of drug-likeness (QED) is 0.885. The largest absolute Gasteiger partial charge is 0.336 e. The Kier molecular flexibility index (Phi) is 4.75. The highest BCUT2D eigenvalue weighted by Crippen LogP contribution is 2.19. The van der Waals surface area contributed by atoms with Crippen LogP contribution in [0, 0.1) is 0 Å². The first-order chi connectivity index (χ1) is 9.56. The minimum Gasteiger partial charge on any atom is -0.336 e. The zero-order valence-corrected chi connectivity index (χ0v) is 12.6. The molecular weight excluding hydrogens is 274 g/mol. The molecule has 2 N–H and O–H groups in total. The number of likely N-dealkylation sites (N-methyl/N-ethyl adjacent to an activating group) is 1. The van der Waals surface area contributed by atoms with E-state index in [4.69, 9.17) is 0 Å². The Balaban J connectivity index is 1.88. The zero-order chi connectivity index (χ0) is 14.5. The number of nitrogens with one attached hydrogen (secondary N) is 2. The second kappa shape index (κ2) is 6.53. The maximum absolute atomic E-state index is 11.8. The maximum atomic E-state index is 11.8. The summed E-state index contributed by atoms with van der Waals surface area (Å²) in [5, 5.41) is 13.8. The van der Waals surface area contributed by atoms with Crippen LogP contribution in [0.25, 0.3) is 0 Å². The van der Waals surface area contributed by atoms with Crippen LogP contribution in [0.2, 0.25) is 0 Å². The fraction of sp³-hybridized carbons (Fsp3) is 0.385. The van der Waals surface area contributed by atoms with Gasteiger partial charge in [0, 0.05) is 19.8 Å². The van der Waals surface area contributed by atoms with Crippen molar-refractivity contribution in [3.63, 3.8) is 0 Å². The molecule has 2 heterocycles. The molecule has 0 aliphatic rings. The summed E-state index contributed by atoms with van der Waals surface area (Å²) in [6.45, 7) is 0.551. The fourth-order valence-corrected chi connectivity index (χ4v) is 2.62. The van der Waals surface area contributed by atoms with E-state index in [0.717, 1.165) is 0 Å². The third kappa shape index (κ3) is 3.82. The Morgan fingerprint density at radius 2 is 2.35 bits per heavy atom. The van der Waals surface area contributed by atoms with Gasteiger partial charge in [0.15, 0.2) is 0 Å². The topological polar surface area (TPSA) is 62.2 Å². The molecule has 2 aromatic heterocycles. The van der Waals surface area contributed by atoms with Crippen molar-refractivity contribution < 1.29 is 4.79 Å². The van der Waals surface area contributed by atoms with Crippen molar-refractivity contribution in [2.45, 2.75) is 6.04 Å². The predicted octanol–water partition coefficient (Wildman–Crippen LogP) is 1.91. The summed E-state index contributed by atoms with van der Waals surface area (Å²) in [5.74, 6) is 0. The number of carbonyl (C=O) groups excluding carboxylic acids is 1. The van der Waals surface area contributed by atoms with E-state index in [2.05, 4.69) is 32.1 Å². The molecule has 0 saturated carbocycles. The molecule has 2 aromatic rings. The fourth-order valence-electron chi connectivity index (χ4n) is 1.91. The van der Waals surface area contributed by atoms with Crippen LogP contribution < -0.4 is 10.6 Å². The third-order valence-corrected chi connectivity index (χ3v) is 3.67. The highest BCUT2D eigenvalue weighted by molar-refractivity contribution is 7.07. The summed E-state index contributed by atoms with van der Waals surface area (Å²) in [7, 11) is 5.81. The molecule has 0 radical (unpaired) electrons. The molecule has 1 atom stereocenters. The van der Waals surface area contributed by atoms with Crippen molar-refractivity contribution in [2.24, 2.45) is 7.05 Å². The van der Waals surface area contributed by atoms with Gasteiger partial charge in [-0.1, -0.05) is 0 Å². The second-order valence-corrected chi connectivity index (χ2v) is 5.55. The standard InChI is InChI=1S/C13H19N5OS/c1-17(2)12(10-4-5-20-9-10)7-14-13(19)16-11-6-15-18(3)8-11/h4-6,8-9,12H,7H2,1-3H3,(H2,14,16,19). The van der Waals surface area contributed by atoms with E-state index < -0.39 is 0 Å². The number of anilines is 1. The molecule has 2 amide bonds. The average Bonchev–Trinajstić information content (AvgIpc) is 3.01. The number of hydrogen-bond acceptors (Lipinski definition) is 4. The second-order valence-electron chi connectivity index (χ2n) is 4.77. The summed E-state index contributed by atoms with van der Waals surface area (Å²) < 4.78 is 1.64. The summed E-state index contributed by atoms with van der Waals surface area (Å²) in [5.41, 5.74) is 1.89. The van der Waals surface area contributed by atoms with Gasteiger partial charge in [-0.25, -0.2) is 4.79 Å². The van der Waals surface area contributed by atoms with E-state index >= 15 is 0 Å². The first-order valence-corrected chi connectivity index (χ1v) is 7.22. The molecule has 20 heavy (non-hydrogen) atoms. The van der Waals surface area contributed by atoms with Crippen molar-refractivity contribution >= 4 is 23.1 Å². The molecule has 2 rings (SSSR count). The minimum absolute atomic E-state index is 0.167. The zero-order valence-electron chi connectivity index (χ0n) is 11.8. The highest BCUT2D eigenvalue weighted by atomic mass is 32.1. The van der Waals surface area contributed by atoms with Crippen molar-refractivity contribution in [1.82, 2.24) is 20.0 Å². The molecule has 0 spiro atoms. The van der Waals surface area contributed by atoms with Gasteiger partial charge in [0.25, 0.3) is 0 Å². The smallest absolute Gasteiger partial charge is 0.319 e. The first-order valence-electron chi connectivity index (χ1n) is 6.28. The van der Waals surface area contributed by atoms with Crippen LogP contribution in [0.1, 0.15) is 11.6 Å². The number of aromatic nitrogens is 2. The van der Waals surface area contributed by atoms with Gasteiger partial charge in [0.05, 0.1) is 17.9 Å². The number of aryl methyl sites for hydroxylation is 1. The van der Waals surface area contributed by atoms with Crippen LogP contribution in [-0.2, 0) is 7.05 Å². The molecule has 0 aliphatic heterocycles. The lowest BCUT2D eigenvalue weighted by Crippen LogP contribution is -2.36. The van der Waals surface area contributed by atoms with Crippen molar-refractivity contribution in [3.05, 3.63) is 34.8 Å². The molecule has 108 valence electrons. The summed E-state index contributed by atoms with van der Waals surface area (Å²) in [4.78, 5) is 13.9. The van der Waals surface area contributed by atoms with E-state index in [0.29, 0.717) is 12.2 Å². The molecule has 6 nitrogen and oxygen atoms in total. The number of amides is 2. The number of nitrogens with zero attached hydrogens (tertiary/aromatic N) is 3. The van der Waals surface area contributed by atoms with Gasteiger partial charge >= 0.3 is 6.03 Å². The number of thiophene rings is 1. The molecule has 1 unspecified atom stereocenters. The van der Waals surface area contributed by atoms with Gasteiger partial charge in [0.1, 0.15) is 0 Å². The average molecular weight is 293 g/mol. The Morgan fingerprint density at radius 3 is 2.90 bits per heavy atom. The van der Waals surface area contributed by atoms with Crippen molar-refractivity contribution in [1.29, 1.82) is 0 Å². The van der Waals surface area contributed by atoms with Crippen LogP contribution >= 0.6 is 11.3 Å². The lowest BCUT2D eigenvalue weighted by Gasteiger charge is -2.23. The van der Waals surface area contributed by atoms with Gasteiger partial charge in [-0.3, -0.25) is 4.68 Å². The third-order valence-electron chi connectivity index (χ3n) is 2.97.